The molecule has 1 saturated heterocycles. The van der Waals surface area contributed by atoms with E-state index in [1.54, 1.807) is 7.11 Å². The standard InChI is InChI=1S/C28H34Cl2N6O/c1-34(2)21-10-13-35(14-11-21)22-7-9-25(27(16-22)37-3)31-28-17-26-24(32-33-28)5-4-12-36(26)18-19-15-20(29)6-8-23(19)30/h6-9,15-17,21H,4-5,10-14,18H2,1-3H3,(H,31,33). The zero-order valence-electron chi connectivity index (χ0n) is 21.7. The number of halogens is 2. The molecule has 0 bridgehead atoms. The van der Waals surface area contributed by atoms with Crippen molar-refractivity contribution in [3.8, 4) is 5.75 Å². The number of aromatic nitrogens is 2. The minimum absolute atomic E-state index is 0.649. The highest BCUT2D eigenvalue weighted by atomic mass is 35.5. The normalized spacial score (nSPS) is 16.2. The summed E-state index contributed by atoms with van der Waals surface area (Å²) in [5, 5.41) is 13.8. The Bertz CT molecular complexity index is 1250. The van der Waals surface area contributed by atoms with Crippen LogP contribution in [0.5, 0.6) is 5.75 Å². The lowest BCUT2D eigenvalue weighted by Gasteiger charge is -2.36. The van der Waals surface area contributed by atoms with Crippen LogP contribution in [0.15, 0.2) is 42.5 Å². The number of methoxy groups -OCH3 is 1. The SMILES string of the molecule is COc1cc(N2CCC(N(C)C)CC2)ccc1Nc1cc2c(nn1)CCCN2Cc1cc(Cl)ccc1Cl. The second-order valence-electron chi connectivity index (χ2n) is 10.0. The van der Waals surface area contributed by atoms with Crippen LogP contribution < -0.4 is 19.9 Å². The summed E-state index contributed by atoms with van der Waals surface area (Å²) in [6, 6.07) is 14.6. The first kappa shape index (κ1) is 25.9. The minimum Gasteiger partial charge on any atom is -0.494 e. The molecular formula is C28H34Cl2N6O. The van der Waals surface area contributed by atoms with Gasteiger partial charge in [-0.1, -0.05) is 23.2 Å². The molecule has 37 heavy (non-hydrogen) atoms. The summed E-state index contributed by atoms with van der Waals surface area (Å²) < 4.78 is 5.76. The molecule has 196 valence electrons. The highest BCUT2D eigenvalue weighted by molar-refractivity contribution is 6.33. The number of piperidine rings is 1. The molecule has 9 heteroatoms. The van der Waals surface area contributed by atoms with Crippen LogP contribution in [0.1, 0.15) is 30.5 Å². The van der Waals surface area contributed by atoms with E-state index in [1.807, 2.05) is 18.2 Å². The van der Waals surface area contributed by atoms with Gasteiger partial charge in [-0.3, -0.25) is 0 Å². The largest absolute Gasteiger partial charge is 0.494 e. The second-order valence-corrected chi connectivity index (χ2v) is 10.9. The van der Waals surface area contributed by atoms with Crippen LogP contribution in [-0.4, -0.2) is 62.0 Å². The molecular weight excluding hydrogens is 507 g/mol. The van der Waals surface area contributed by atoms with Gasteiger partial charge in [0.15, 0.2) is 5.82 Å². The smallest absolute Gasteiger partial charge is 0.155 e. The number of anilines is 4. The van der Waals surface area contributed by atoms with Crippen molar-refractivity contribution in [2.75, 3.05) is 56.0 Å². The number of hydrogen-bond acceptors (Lipinski definition) is 7. The van der Waals surface area contributed by atoms with Gasteiger partial charge >= 0.3 is 0 Å². The Morgan fingerprint density at radius 1 is 1.03 bits per heavy atom. The predicted molar refractivity (Wildman–Crippen MR) is 153 cm³/mol. The second kappa shape index (κ2) is 11.3. The third kappa shape index (κ3) is 5.89. The fraction of sp³-hybridized carbons (Fsp3) is 0.429. The average Bonchev–Trinajstić information content (AvgIpc) is 2.91. The monoisotopic (exact) mass is 540 g/mol. The van der Waals surface area contributed by atoms with Gasteiger partial charge < -0.3 is 24.8 Å². The number of rotatable bonds is 7. The molecule has 2 aliphatic rings. The van der Waals surface area contributed by atoms with E-state index in [0.717, 1.165) is 73.7 Å². The third-order valence-electron chi connectivity index (χ3n) is 7.41. The molecule has 0 spiro atoms. The topological polar surface area (TPSA) is 56.8 Å². The van der Waals surface area contributed by atoms with E-state index >= 15 is 0 Å². The summed E-state index contributed by atoms with van der Waals surface area (Å²) in [5.74, 6) is 1.47. The van der Waals surface area contributed by atoms with Crippen molar-refractivity contribution in [3.05, 3.63) is 63.8 Å². The molecule has 0 radical (unpaired) electrons. The molecule has 1 N–H and O–H groups in total. The van der Waals surface area contributed by atoms with Gasteiger partial charge in [0.25, 0.3) is 0 Å². The van der Waals surface area contributed by atoms with Crippen LogP contribution in [0.25, 0.3) is 0 Å². The molecule has 2 aliphatic heterocycles. The van der Waals surface area contributed by atoms with Gasteiger partial charge in [0, 0.05) is 60.1 Å². The highest BCUT2D eigenvalue weighted by Gasteiger charge is 2.23. The molecule has 1 fully saturated rings. The lowest BCUT2D eigenvalue weighted by atomic mass is 10.0. The van der Waals surface area contributed by atoms with Crippen LogP contribution in [0.2, 0.25) is 10.0 Å². The number of aryl methyl sites for hydroxylation is 1. The Morgan fingerprint density at radius 3 is 2.59 bits per heavy atom. The van der Waals surface area contributed by atoms with Gasteiger partial charge in [-0.2, -0.15) is 5.10 Å². The Hall–Kier alpha value is -2.74. The fourth-order valence-corrected chi connectivity index (χ4v) is 5.64. The maximum atomic E-state index is 6.46. The summed E-state index contributed by atoms with van der Waals surface area (Å²) in [6.45, 7) is 3.67. The van der Waals surface area contributed by atoms with Crippen LogP contribution in [0, 0.1) is 0 Å². The van der Waals surface area contributed by atoms with Crippen LogP contribution >= 0.6 is 23.2 Å². The van der Waals surface area contributed by atoms with Gasteiger partial charge in [-0.05, 0) is 75.7 Å². The summed E-state index contributed by atoms with van der Waals surface area (Å²) in [5.41, 5.74) is 5.11. The van der Waals surface area contributed by atoms with Crippen molar-refractivity contribution < 1.29 is 4.74 Å². The average molecular weight is 542 g/mol. The van der Waals surface area contributed by atoms with Crippen molar-refractivity contribution in [3.63, 3.8) is 0 Å². The predicted octanol–water partition coefficient (Wildman–Crippen LogP) is 6.02. The van der Waals surface area contributed by atoms with Crippen LogP contribution in [-0.2, 0) is 13.0 Å². The van der Waals surface area contributed by atoms with Crippen molar-refractivity contribution >= 4 is 46.1 Å². The first-order chi connectivity index (χ1) is 17.9. The zero-order valence-corrected chi connectivity index (χ0v) is 23.2. The van der Waals surface area contributed by atoms with E-state index in [2.05, 4.69) is 68.6 Å². The molecule has 0 saturated carbocycles. The van der Waals surface area contributed by atoms with Gasteiger partial charge in [0.1, 0.15) is 5.75 Å². The van der Waals surface area contributed by atoms with Gasteiger partial charge in [0.05, 0.1) is 24.2 Å². The molecule has 0 unspecified atom stereocenters. The zero-order chi connectivity index (χ0) is 25.9. The lowest BCUT2D eigenvalue weighted by molar-refractivity contribution is 0.249. The van der Waals surface area contributed by atoms with E-state index in [0.29, 0.717) is 28.4 Å². The van der Waals surface area contributed by atoms with Crippen molar-refractivity contribution in [2.24, 2.45) is 0 Å². The van der Waals surface area contributed by atoms with Crippen LogP contribution in [0.4, 0.5) is 22.9 Å². The highest BCUT2D eigenvalue weighted by Crippen LogP contribution is 2.35. The van der Waals surface area contributed by atoms with Crippen LogP contribution in [0.3, 0.4) is 0 Å². The Balaban J connectivity index is 1.34. The summed E-state index contributed by atoms with van der Waals surface area (Å²) in [6.07, 6.45) is 4.26. The van der Waals surface area contributed by atoms with Gasteiger partial charge in [-0.15, -0.1) is 5.10 Å². The quantitative estimate of drug-likeness (QED) is 0.393. The Morgan fingerprint density at radius 2 is 1.84 bits per heavy atom. The van der Waals surface area contributed by atoms with E-state index in [1.165, 1.54) is 5.69 Å². The molecule has 3 heterocycles. The number of nitrogens with zero attached hydrogens (tertiary/aromatic N) is 5. The molecule has 3 aromatic rings. The maximum Gasteiger partial charge on any atom is 0.155 e. The molecule has 1 aromatic heterocycles. The number of hydrogen-bond donors (Lipinski definition) is 1. The molecule has 0 atom stereocenters. The third-order valence-corrected chi connectivity index (χ3v) is 8.01. The molecule has 2 aromatic carbocycles. The summed E-state index contributed by atoms with van der Waals surface area (Å²) >= 11 is 12.7. The summed E-state index contributed by atoms with van der Waals surface area (Å²) in [7, 11) is 6.04. The van der Waals surface area contributed by atoms with E-state index in [4.69, 9.17) is 27.9 Å². The molecule has 7 nitrogen and oxygen atoms in total. The van der Waals surface area contributed by atoms with Gasteiger partial charge in [0.2, 0.25) is 0 Å². The fourth-order valence-electron chi connectivity index (χ4n) is 5.27. The van der Waals surface area contributed by atoms with Crippen molar-refractivity contribution in [1.29, 1.82) is 0 Å². The van der Waals surface area contributed by atoms with E-state index in [-0.39, 0.29) is 0 Å². The maximum absolute atomic E-state index is 6.46. The number of fused-ring (bicyclic) bond motifs is 1. The molecule has 5 rings (SSSR count). The first-order valence-electron chi connectivity index (χ1n) is 12.8. The van der Waals surface area contributed by atoms with Crippen molar-refractivity contribution in [2.45, 2.75) is 38.3 Å². The molecule has 0 amide bonds. The van der Waals surface area contributed by atoms with Crippen molar-refractivity contribution in [1.82, 2.24) is 15.1 Å². The Labute approximate surface area is 229 Å². The first-order valence-corrected chi connectivity index (χ1v) is 13.6. The minimum atomic E-state index is 0.649. The molecule has 0 aliphatic carbocycles. The summed E-state index contributed by atoms with van der Waals surface area (Å²) in [4.78, 5) is 7.06. The Kier molecular flexibility index (Phi) is 7.93. The van der Waals surface area contributed by atoms with E-state index < -0.39 is 0 Å². The van der Waals surface area contributed by atoms with E-state index in [9.17, 15) is 0 Å². The number of benzene rings is 2. The number of nitrogens with one attached hydrogen (secondary N) is 1. The van der Waals surface area contributed by atoms with Gasteiger partial charge in [-0.25, -0.2) is 0 Å². The number of ether oxygens (including phenoxy) is 1. The lowest BCUT2D eigenvalue weighted by Crippen LogP contribution is -2.41.